The molecule has 0 aliphatic carbocycles. The van der Waals surface area contributed by atoms with Crippen LogP contribution < -0.4 is 22.3 Å². The molecule has 0 fully saturated rings. The van der Waals surface area contributed by atoms with Gasteiger partial charge in [0.1, 0.15) is 19.4 Å². The number of rotatable bonds is 9. The van der Waals surface area contributed by atoms with E-state index in [1.807, 2.05) is 0 Å². The van der Waals surface area contributed by atoms with Gasteiger partial charge in [0.25, 0.3) is 5.56 Å². The van der Waals surface area contributed by atoms with Gasteiger partial charge in [-0.1, -0.05) is 13.8 Å². The molecule has 0 bridgehead atoms. The molecule has 2 aromatic rings. The SMILES string of the molecule is CC(C)[C@H](NC(=O)[C@H](C)N)C(=O)OCCOCn1cnc2c(=O)[nH]c(N)nc21.O=C(O)C(F)(F)F. The molecule has 7 N–H and O–H groups in total. The number of halogens is 3. The summed E-state index contributed by atoms with van der Waals surface area (Å²) in [5, 5.41) is 9.69. The summed E-state index contributed by atoms with van der Waals surface area (Å²) in [5.41, 5.74) is 11.0. The molecule has 2 aromatic heterocycles. The zero-order chi connectivity index (χ0) is 26.9. The molecule has 2 rings (SSSR count). The molecule has 2 heterocycles. The molecule has 0 aliphatic heterocycles. The second kappa shape index (κ2) is 12.7. The highest BCUT2D eigenvalue weighted by Crippen LogP contribution is 2.13. The molecule has 17 heteroatoms. The third-order valence-electron chi connectivity index (χ3n) is 4.07. The first-order valence-electron chi connectivity index (χ1n) is 9.96. The van der Waals surface area contributed by atoms with Crippen molar-refractivity contribution in [3.05, 3.63) is 16.7 Å². The molecule has 0 saturated carbocycles. The van der Waals surface area contributed by atoms with Crippen molar-refractivity contribution in [2.24, 2.45) is 11.7 Å². The smallest absolute Gasteiger partial charge is 0.475 e. The summed E-state index contributed by atoms with van der Waals surface area (Å²) in [6.07, 6.45) is -3.68. The van der Waals surface area contributed by atoms with Crippen molar-refractivity contribution in [3.63, 3.8) is 0 Å². The summed E-state index contributed by atoms with van der Waals surface area (Å²) in [6.45, 7) is 5.22. The number of carboxylic acids is 1. The monoisotopic (exact) mass is 509 g/mol. The summed E-state index contributed by atoms with van der Waals surface area (Å²) in [7, 11) is 0. The highest BCUT2D eigenvalue weighted by Gasteiger charge is 2.38. The number of carbonyl (C=O) groups excluding carboxylic acids is 2. The summed E-state index contributed by atoms with van der Waals surface area (Å²) < 4.78 is 43.8. The number of nitrogens with zero attached hydrogens (tertiary/aromatic N) is 3. The van der Waals surface area contributed by atoms with Gasteiger partial charge in [0.2, 0.25) is 11.9 Å². The fourth-order valence-electron chi connectivity index (χ4n) is 2.30. The largest absolute Gasteiger partial charge is 0.490 e. The van der Waals surface area contributed by atoms with E-state index in [2.05, 4.69) is 20.3 Å². The summed E-state index contributed by atoms with van der Waals surface area (Å²) >= 11 is 0. The number of fused-ring (bicyclic) bond motifs is 1. The minimum absolute atomic E-state index is 0.0150. The van der Waals surface area contributed by atoms with Crippen LogP contribution in [-0.2, 0) is 30.6 Å². The van der Waals surface area contributed by atoms with Gasteiger partial charge < -0.3 is 31.4 Å². The quantitative estimate of drug-likeness (QED) is 0.211. The number of amides is 1. The maximum absolute atomic E-state index is 12.2. The predicted molar refractivity (Wildman–Crippen MR) is 114 cm³/mol. The average molecular weight is 509 g/mol. The summed E-state index contributed by atoms with van der Waals surface area (Å²) in [4.78, 5) is 54.8. The van der Waals surface area contributed by atoms with Gasteiger partial charge in [0.15, 0.2) is 11.2 Å². The number of nitrogens with two attached hydrogens (primary N) is 2. The van der Waals surface area contributed by atoms with Crippen LogP contribution in [0.15, 0.2) is 11.1 Å². The zero-order valence-corrected chi connectivity index (χ0v) is 19.0. The van der Waals surface area contributed by atoms with Crippen LogP contribution in [0.3, 0.4) is 0 Å². The van der Waals surface area contributed by atoms with Crippen LogP contribution in [-0.4, -0.2) is 73.9 Å². The van der Waals surface area contributed by atoms with Gasteiger partial charge in [-0.15, -0.1) is 0 Å². The first-order valence-corrected chi connectivity index (χ1v) is 9.96. The van der Waals surface area contributed by atoms with Crippen molar-refractivity contribution in [2.45, 2.75) is 45.8 Å². The Morgan fingerprint density at radius 1 is 1.26 bits per heavy atom. The Balaban J connectivity index is 0.000000762. The molecule has 14 nitrogen and oxygen atoms in total. The van der Waals surface area contributed by atoms with Crippen molar-refractivity contribution in [1.82, 2.24) is 24.8 Å². The number of carboxylic acid groups (broad SMARTS) is 1. The van der Waals surface area contributed by atoms with Crippen molar-refractivity contribution in [3.8, 4) is 0 Å². The zero-order valence-electron chi connectivity index (χ0n) is 19.0. The van der Waals surface area contributed by atoms with Crippen LogP contribution in [0, 0.1) is 5.92 Å². The molecule has 35 heavy (non-hydrogen) atoms. The van der Waals surface area contributed by atoms with Gasteiger partial charge in [-0.25, -0.2) is 14.6 Å². The second-order valence-corrected chi connectivity index (χ2v) is 7.36. The number of anilines is 1. The number of nitrogen functional groups attached to an aromatic ring is 1. The molecule has 1 amide bonds. The normalized spacial score (nSPS) is 13.0. The molecule has 0 saturated heterocycles. The first kappa shape index (κ1) is 29.3. The molecule has 0 spiro atoms. The number of imidazole rings is 1. The van der Waals surface area contributed by atoms with E-state index < -0.39 is 41.7 Å². The van der Waals surface area contributed by atoms with E-state index in [1.165, 1.54) is 17.8 Å². The summed E-state index contributed by atoms with van der Waals surface area (Å²) in [6, 6.07) is -1.52. The summed E-state index contributed by atoms with van der Waals surface area (Å²) in [5.74, 6) is -3.94. The molecular weight excluding hydrogens is 483 g/mol. The van der Waals surface area contributed by atoms with Crippen LogP contribution in [0.2, 0.25) is 0 Å². The first-order chi connectivity index (χ1) is 16.1. The highest BCUT2D eigenvalue weighted by atomic mass is 19.4. The number of nitrogens with one attached hydrogen (secondary N) is 2. The molecule has 2 atom stereocenters. The van der Waals surface area contributed by atoms with E-state index in [9.17, 15) is 27.6 Å². The maximum atomic E-state index is 12.2. The Morgan fingerprint density at radius 2 is 1.86 bits per heavy atom. The van der Waals surface area contributed by atoms with E-state index in [0.717, 1.165) is 0 Å². The van der Waals surface area contributed by atoms with Gasteiger partial charge >= 0.3 is 18.1 Å². The number of H-pyrrole nitrogens is 1. The number of alkyl halides is 3. The Morgan fingerprint density at radius 3 is 2.37 bits per heavy atom. The number of hydrogen-bond donors (Lipinski definition) is 5. The van der Waals surface area contributed by atoms with Gasteiger partial charge in [-0.05, 0) is 12.8 Å². The molecule has 0 aliphatic rings. The molecule has 0 radical (unpaired) electrons. The van der Waals surface area contributed by atoms with E-state index in [1.54, 1.807) is 13.8 Å². The minimum Gasteiger partial charge on any atom is -0.475 e. The second-order valence-electron chi connectivity index (χ2n) is 7.36. The molecule has 0 aromatic carbocycles. The molecular formula is C18H26F3N7O7. The Hall–Kier alpha value is -3.73. The number of aromatic amines is 1. The lowest BCUT2D eigenvalue weighted by Crippen LogP contribution is -2.50. The lowest BCUT2D eigenvalue weighted by molar-refractivity contribution is -0.192. The van der Waals surface area contributed by atoms with Gasteiger partial charge in [0.05, 0.1) is 19.0 Å². The molecule has 196 valence electrons. The Kier molecular flexibility index (Phi) is 10.6. The van der Waals surface area contributed by atoms with Gasteiger partial charge in [-0.2, -0.15) is 18.2 Å². The molecule has 0 unspecified atom stereocenters. The number of ether oxygens (including phenoxy) is 2. The maximum Gasteiger partial charge on any atom is 0.490 e. The van der Waals surface area contributed by atoms with Crippen LogP contribution in [0.25, 0.3) is 11.2 Å². The van der Waals surface area contributed by atoms with Gasteiger partial charge in [-0.3, -0.25) is 19.1 Å². The van der Waals surface area contributed by atoms with E-state index in [-0.39, 0.29) is 43.0 Å². The number of carbonyl (C=O) groups is 3. The van der Waals surface area contributed by atoms with Crippen LogP contribution in [0.4, 0.5) is 19.1 Å². The van der Waals surface area contributed by atoms with E-state index in [0.29, 0.717) is 0 Å². The lowest BCUT2D eigenvalue weighted by atomic mass is 10.0. The standard InChI is InChI=1S/C16H25N7O5.C2HF3O2/c1-8(2)10(20-13(24)9(3)17)15(26)28-5-4-27-7-23-6-19-11-12(23)21-16(18)22-14(11)25;3-2(4,5)1(6)7/h6,8-10H,4-5,7,17H2,1-3H3,(H,20,24)(H3,18,21,22,25);(H,6,7)/t9-,10-;/m0./s1. The third kappa shape index (κ3) is 9.20. The van der Waals surface area contributed by atoms with E-state index >= 15 is 0 Å². The van der Waals surface area contributed by atoms with Crippen LogP contribution in [0.5, 0.6) is 0 Å². The van der Waals surface area contributed by atoms with E-state index in [4.69, 9.17) is 30.8 Å². The minimum atomic E-state index is -5.08. The van der Waals surface area contributed by atoms with Gasteiger partial charge in [0, 0.05) is 0 Å². The number of aromatic nitrogens is 4. The van der Waals surface area contributed by atoms with Crippen molar-refractivity contribution in [1.29, 1.82) is 0 Å². The fraction of sp³-hybridized carbons (Fsp3) is 0.556. The van der Waals surface area contributed by atoms with Crippen LogP contribution >= 0.6 is 0 Å². The number of aliphatic carboxylic acids is 1. The Bertz CT molecular complexity index is 1080. The predicted octanol–water partition coefficient (Wildman–Crippen LogP) is -0.660. The van der Waals surface area contributed by atoms with Crippen LogP contribution in [0.1, 0.15) is 20.8 Å². The number of esters is 1. The average Bonchev–Trinajstić information content (AvgIpc) is 3.13. The third-order valence-corrected chi connectivity index (χ3v) is 4.07. The highest BCUT2D eigenvalue weighted by molar-refractivity contribution is 5.87. The topological polar surface area (TPSA) is 218 Å². The number of hydrogen-bond acceptors (Lipinski definition) is 10. The Labute approximate surface area is 195 Å². The van der Waals surface area contributed by atoms with Crippen molar-refractivity contribution in [2.75, 3.05) is 18.9 Å². The fourth-order valence-corrected chi connectivity index (χ4v) is 2.30. The lowest BCUT2D eigenvalue weighted by Gasteiger charge is -2.21. The van der Waals surface area contributed by atoms with Crippen molar-refractivity contribution >= 4 is 35.0 Å². The van der Waals surface area contributed by atoms with Crippen molar-refractivity contribution < 1.29 is 42.1 Å².